The van der Waals surface area contributed by atoms with Crippen LogP contribution < -0.4 is 9.80 Å². The first-order valence-electron chi connectivity index (χ1n) is 14.2. The molecular weight excluding hydrogens is 586 g/mol. The number of nitrogens with zero attached hydrogens (tertiary/aromatic N) is 4. The number of rotatable bonds is 5. The van der Waals surface area contributed by atoms with E-state index in [9.17, 15) is 35.9 Å². The smallest absolute Gasteiger partial charge is 0.353 e. The first-order chi connectivity index (χ1) is 20.5. The van der Waals surface area contributed by atoms with Crippen molar-refractivity contribution >= 4 is 23.3 Å². The minimum absolute atomic E-state index is 0.0496. The highest BCUT2D eigenvalue weighted by atomic mass is 19.4. The fourth-order valence-electron chi connectivity index (χ4n) is 6.01. The van der Waals surface area contributed by atoms with Crippen molar-refractivity contribution in [3.8, 4) is 11.1 Å². The van der Waals surface area contributed by atoms with E-state index >= 15 is 0 Å². The summed E-state index contributed by atoms with van der Waals surface area (Å²) < 4.78 is 81.7. The minimum atomic E-state index is -5.05. The van der Waals surface area contributed by atoms with Crippen molar-refractivity contribution in [1.82, 2.24) is 9.88 Å². The lowest BCUT2D eigenvalue weighted by Gasteiger charge is -2.38. The van der Waals surface area contributed by atoms with E-state index in [0.717, 1.165) is 17.5 Å². The summed E-state index contributed by atoms with van der Waals surface area (Å²) in [5, 5.41) is 0. The second kappa shape index (κ2) is 11.1. The average molecular weight is 619 g/mol. The number of amides is 2. The molecule has 2 aliphatic rings. The van der Waals surface area contributed by atoms with E-state index in [1.807, 2.05) is 42.2 Å². The van der Waals surface area contributed by atoms with Crippen LogP contribution in [0.3, 0.4) is 0 Å². The van der Waals surface area contributed by atoms with Crippen LogP contribution in [0.25, 0.3) is 11.1 Å². The number of halogens is 6. The standard InChI is InChI=1S/C32H32F6N4O2/c1-19-7-5-6-8-24(19)25-16-27(41-11-12-42-23(18-41)9-10-28(42)43)39-17-26(25)40(4)29(44)30(2,3)20-13-21(31(33,34)35)15-22(14-20)32(36,37)38/h5-8,13-17,23H,9-12,18H2,1-4H3. The van der Waals surface area contributed by atoms with E-state index in [4.69, 9.17) is 0 Å². The van der Waals surface area contributed by atoms with Gasteiger partial charge in [-0.3, -0.25) is 9.59 Å². The molecule has 2 aliphatic heterocycles. The Morgan fingerprint density at radius 3 is 2.14 bits per heavy atom. The van der Waals surface area contributed by atoms with Crippen molar-refractivity contribution in [2.75, 3.05) is 36.5 Å². The van der Waals surface area contributed by atoms with Crippen LogP contribution in [-0.4, -0.2) is 54.4 Å². The summed E-state index contributed by atoms with van der Waals surface area (Å²) in [6.45, 7) is 6.24. The summed E-state index contributed by atoms with van der Waals surface area (Å²) in [4.78, 5) is 36.0. The number of fused-ring (bicyclic) bond motifs is 1. The fourth-order valence-corrected chi connectivity index (χ4v) is 6.01. The Morgan fingerprint density at radius 2 is 1.52 bits per heavy atom. The molecule has 2 aromatic carbocycles. The Kier molecular flexibility index (Phi) is 7.92. The third-order valence-corrected chi connectivity index (χ3v) is 8.63. The molecule has 12 heteroatoms. The number of aryl methyl sites for hydroxylation is 1. The second-order valence-electron chi connectivity index (χ2n) is 11.9. The molecule has 2 fully saturated rings. The molecule has 0 spiro atoms. The lowest BCUT2D eigenvalue weighted by atomic mass is 9.81. The molecule has 0 N–H and O–H groups in total. The molecule has 0 aliphatic carbocycles. The van der Waals surface area contributed by atoms with Crippen LogP contribution in [0.1, 0.15) is 48.9 Å². The highest BCUT2D eigenvalue weighted by Crippen LogP contribution is 2.41. The lowest BCUT2D eigenvalue weighted by Crippen LogP contribution is -2.51. The number of carbonyl (C=O) groups is 2. The number of benzene rings is 2. The van der Waals surface area contributed by atoms with Crippen LogP contribution in [0.15, 0.2) is 54.7 Å². The van der Waals surface area contributed by atoms with E-state index in [1.165, 1.54) is 32.0 Å². The number of anilines is 2. The van der Waals surface area contributed by atoms with Crippen LogP contribution in [0.4, 0.5) is 37.8 Å². The Bertz CT molecular complexity index is 1570. The minimum Gasteiger partial charge on any atom is -0.353 e. The molecule has 44 heavy (non-hydrogen) atoms. The summed E-state index contributed by atoms with van der Waals surface area (Å²) in [5.74, 6) is 0.0654. The molecule has 2 amide bonds. The SMILES string of the molecule is Cc1ccccc1-c1cc(N2CCN3C(=O)CCC3C2)ncc1N(C)C(=O)C(C)(C)c1cc(C(F)(F)F)cc(C(F)(F)F)c1. The third kappa shape index (κ3) is 5.86. The Hall–Kier alpha value is -4.09. The number of likely N-dealkylation sites (N-methyl/N-ethyl adjacent to an activating group) is 1. The molecule has 5 rings (SSSR count). The average Bonchev–Trinajstić information content (AvgIpc) is 3.35. The van der Waals surface area contributed by atoms with E-state index in [0.29, 0.717) is 55.3 Å². The summed E-state index contributed by atoms with van der Waals surface area (Å²) >= 11 is 0. The van der Waals surface area contributed by atoms with Crippen molar-refractivity contribution < 1.29 is 35.9 Å². The van der Waals surface area contributed by atoms with E-state index in [-0.39, 0.29) is 18.0 Å². The summed E-state index contributed by atoms with van der Waals surface area (Å²) in [6, 6.07) is 10.6. The zero-order valence-electron chi connectivity index (χ0n) is 24.7. The van der Waals surface area contributed by atoms with Crippen molar-refractivity contribution in [3.05, 3.63) is 77.0 Å². The van der Waals surface area contributed by atoms with Gasteiger partial charge in [-0.1, -0.05) is 24.3 Å². The van der Waals surface area contributed by atoms with Gasteiger partial charge in [0, 0.05) is 44.7 Å². The van der Waals surface area contributed by atoms with Crippen LogP contribution in [0.5, 0.6) is 0 Å². The maximum atomic E-state index is 14.0. The molecule has 0 radical (unpaired) electrons. The van der Waals surface area contributed by atoms with Gasteiger partial charge >= 0.3 is 12.4 Å². The van der Waals surface area contributed by atoms with Gasteiger partial charge < -0.3 is 14.7 Å². The maximum Gasteiger partial charge on any atom is 0.416 e. The zero-order chi connectivity index (χ0) is 32.2. The maximum absolute atomic E-state index is 14.0. The monoisotopic (exact) mass is 618 g/mol. The van der Waals surface area contributed by atoms with E-state index in [1.54, 1.807) is 0 Å². The first-order valence-corrected chi connectivity index (χ1v) is 14.2. The van der Waals surface area contributed by atoms with Crippen LogP contribution >= 0.6 is 0 Å². The summed E-state index contributed by atoms with van der Waals surface area (Å²) in [6.07, 6.45) is -7.31. The topological polar surface area (TPSA) is 56.8 Å². The van der Waals surface area contributed by atoms with Crippen molar-refractivity contribution in [2.45, 2.75) is 57.4 Å². The zero-order valence-corrected chi connectivity index (χ0v) is 24.7. The van der Waals surface area contributed by atoms with Gasteiger partial charge in [0.1, 0.15) is 5.82 Å². The molecule has 6 nitrogen and oxygen atoms in total. The first kappa shape index (κ1) is 31.3. The van der Waals surface area contributed by atoms with Crippen LogP contribution in [0.2, 0.25) is 0 Å². The largest absolute Gasteiger partial charge is 0.416 e. The highest BCUT2D eigenvalue weighted by molar-refractivity contribution is 6.03. The van der Waals surface area contributed by atoms with Gasteiger partial charge in [-0.05, 0) is 68.1 Å². The molecule has 234 valence electrons. The Morgan fingerprint density at radius 1 is 0.909 bits per heavy atom. The predicted molar refractivity (Wildman–Crippen MR) is 154 cm³/mol. The molecule has 2 saturated heterocycles. The number of piperazine rings is 1. The van der Waals surface area contributed by atoms with Crippen LogP contribution in [-0.2, 0) is 27.4 Å². The number of hydrogen-bond donors (Lipinski definition) is 0. The number of hydrogen-bond acceptors (Lipinski definition) is 4. The van der Waals surface area contributed by atoms with Gasteiger partial charge in [0.25, 0.3) is 0 Å². The molecular formula is C32H32F6N4O2. The number of alkyl halides is 6. The molecule has 1 aromatic heterocycles. The van der Waals surface area contributed by atoms with Gasteiger partial charge in [-0.25, -0.2) is 4.98 Å². The molecule has 0 bridgehead atoms. The normalized spacial score (nSPS) is 17.6. The number of carbonyl (C=O) groups excluding carboxylic acids is 2. The van der Waals surface area contributed by atoms with Gasteiger partial charge in [0.2, 0.25) is 11.8 Å². The van der Waals surface area contributed by atoms with Gasteiger partial charge in [-0.2, -0.15) is 26.3 Å². The van der Waals surface area contributed by atoms with Crippen LogP contribution in [0, 0.1) is 6.92 Å². The molecule has 3 aromatic rings. The second-order valence-corrected chi connectivity index (χ2v) is 11.9. The molecule has 1 unspecified atom stereocenters. The highest BCUT2D eigenvalue weighted by Gasteiger charge is 2.42. The van der Waals surface area contributed by atoms with Gasteiger partial charge in [0.15, 0.2) is 0 Å². The number of aromatic nitrogens is 1. The van der Waals surface area contributed by atoms with Crippen molar-refractivity contribution in [1.29, 1.82) is 0 Å². The molecule has 1 atom stereocenters. The fraction of sp³-hybridized carbons (Fsp3) is 0.406. The molecule has 0 saturated carbocycles. The quantitative estimate of drug-likeness (QED) is 0.294. The molecule has 3 heterocycles. The summed E-state index contributed by atoms with van der Waals surface area (Å²) in [7, 11) is 1.43. The lowest BCUT2D eigenvalue weighted by molar-refractivity contribution is -0.143. The van der Waals surface area contributed by atoms with Crippen molar-refractivity contribution in [2.24, 2.45) is 0 Å². The Labute approximate surface area is 251 Å². The Balaban J connectivity index is 1.55. The van der Waals surface area contributed by atoms with Gasteiger partial charge in [-0.15, -0.1) is 0 Å². The van der Waals surface area contributed by atoms with E-state index in [2.05, 4.69) is 9.88 Å². The van der Waals surface area contributed by atoms with E-state index < -0.39 is 40.4 Å². The van der Waals surface area contributed by atoms with Crippen molar-refractivity contribution in [3.63, 3.8) is 0 Å². The predicted octanol–water partition coefficient (Wildman–Crippen LogP) is 6.85. The number of pyridine rings is 1. The van der Waals surface area contributed by atoms with Gasteiger partial charge in [0.05, 0.1) is 28.4 Å². The third-order valence-electron chi connectivity index (χ3n) is 8.63. The summed E-state index contributed by atoms with van der Waals surface area (Å²) in [5.41, 5.74) is -2.50.